The number of ether oxygens (including phenoxy) is 3. The van der Waals surface area contributed by atoms with Crippen LogP contribution in [0.4, 0.5) is 5.69 Å². The van der Waals surface area contributed by atoms with Gasteiger partial charge in [-0.15, -0.1) is 0 Å². The second-order valence-corrected chi connectivity index (χ2v) is 8.89. The fraction of sp³-hybridized carbons (Fsp3) is 0.462. The molecule has 2 aliphatic rings. The lowest BCUT2D eigenvalue weighted by molar-refractivity contribution is -0.119. The molecule has 0 bridgehead atoms. The molecule has 1 aliphatic carbocycles. The van der Waals surface area contributed by atoms with E-state index in [0.29, 0.717) is 35.8 Å². The van der Waals surface area contributed by atoms with E-state index in [9.17, 15) is 9.59 Å². The lowest BCUT2D eigenvalue weighted by Crippen LogP contribution is -2.41. The van der Waals surface area contributed by atoms with Gasteiger partial charge in [-0.1, -0.05) is 6.07 Å². The molecule has 0 saturated carbocycles. The van der Waals surface area contributed by atoms with E-state index >= 15 is 0 Å². The number of hydrogen-bond acceptors (Lipinski definition) is 7. The van der Waals surface area contributed by atoms with Gasteiger partial charge in [-0.25, -0.2) is 0 Å². The zero-order valence-corrected chi connectivity index (χ0v) is 20.3. The molecule has 1 fully saturated rings. The molecule has 1 aliphatic heterocycles. The first-order chi connectivity index (χ1) is 16.4. The number of hydrogen-bond donors (Lipinski definition) is 2. The molecule has 4 rings (SSSR count). The third kappa shape index (κ3) is 4.42. The maximum absolute atomic E-state index is 13.4. The Kier molecular flexibility index (Phi) is 6.97. The normalized spacial score (nSPS) is 17.8. The van der Waals surface area contributed by atoms with E-state index in [1.807, 2.05) is 18.2 Å². The Morgan fingerprint density at radius 2 is 1.74 bits per heavy atom. The van der Waals surface area contributed by atoms with Gasteiger partial charge in [0.15, 0.2) is 11.5 Å². The van der Waals surface area contributed by atoms with Gasteiger partial charge in [0.1, 0.15) is 0 Å². The van der Waals surface area contributed by atoms with E-state index < -0.39 is 0 Å². The summed E-state index contributed by atoms with van der Waals surface area (Å²) < 4.78 is 17.0. The lowest BCUT2D eigenvalue weighted by Gasteiger charge is -2.31. The Labute approximate surface area is 200 Å². The summed E-state index contributed by atoms with van der Waals surface area (Å²) in [6.45, 7) is 2.98. The van der Waals surface area contributed by atoms with Crippen molar-refractivity contribution in [2.24, 2.45) is 5.73 Å². The van der Waals surface area contributed by atoms with Crippen LogP contribution in [0, 0.1) is 0 Å². The van der Waals surface area contributed by atoms with Gasteiger partial charge in [0.25, 0.3) is 0 Å². The molecule has 1 heterocycles. The second kappa shape index (κ2) is 9.93. The van der Waals surface area contributed by atoms with E-state index in [4.69, 9.17) is 19.9 Å². The Bertz CT molecular complexity index is 1140. The minimum Gasteiger partial charge on any atom is -0.493 e. The molecule has 8 heteroatoms. The summed E-state index contributed by atoms with van der Waals surface area (Å²) in [5.74, 6) is 1.47. The number of rotatable bonds is 5. The summed E-state index contributed by atoms with van der Waals surface area (Å²) >= 11 is 0. The third-order valence-electron chi connectivity index (χ3n) is 6.77. The summed E-state index contributed by atoms with van der Waals surface area (Å²) in [6, 6.07) is 7.33. The molecule has 0 aromatic heterocycles. The molecule has 2 aromatic rings. The number of benzene rings is 1. The summed E-state index contributed by atoms with van der Waals surface area (Å²) in [4.78, 5) is 27.6. The van der Waals surface area contributed by atoms with Crippen molar-refractivity contribution in [2.75, 3.05) is 39.3 Å². The first kappa shape index (κ1) is 23.9. The first-order valence-electron chi connectivity index (χ1n) is 11.7. The number of nitrogens with one attached hydrogen (secondary N) is 1. The van der Waals surface area contributed by atoms with Crippen LogP contribution in [0.2, 0.25) is 0 Å². The van der Waals surface area contributed by atoms with E-state index in [1.165, 1.54) is 6.92 Å². The Hall–Kier alpha value is -3.26. The Morgan fingerprint density at radius 3 is 2.35 bits per heavy atom. The molecule has 8 nitrogen and oxygen atoms in total. The van der Waals surface area contributed by atoms with Gasteiger partial charge in [0.05, 0.1) is 33.1 Å². The van der Waals surface area contributed by atoms with Crippen molar-refractivity contribution in [2.45, 2.75) is 44.7 Å². The van der Waals surface area contributed by atoms with Crippen molar-refractivity contribution in [3.8, 4) is 28.4 Å². The van der Waals surface area contributed by atoms with E-state index in [-0.39, 0.29) is 23.4 Å². The zero-order chi connectivity index (χ0) is 24.4. The van der Waals surface area contributed by atoms with E-state index in [0.717, 1.165) is 48.2 Å². The smallest absolute Gasteiger partial charge is 0.217 e. The largest absolute Gasteiger partial charge is 0.493 e. The fourth-order valence-electron chi connectivity index (χ4n) is 5.10. The minimum absolute atomic E-state index is 0.0741. The topological polar surface area (TPSA) is 103 Å². The van der Waals surface area contributed by atoms with Crippen molar-refractivity contribution in [1.29, 1.82) is 0 Å². The zero-order valence-electron chi connectivity index (χ0n) is 20.3. The number of anilines is 1. The summed E-state index contributed by atoms with van der Waals surface area (Å²) in [5.41, 5.74) is 10.1. The van der Waals surface area contributed by atoms with Gasteiger partial charge in [-0.05, 0) is 60.6 Å². The molecular formula is C26H33N3O5. The summed E-state index contributed by atoms with van der Waals surface area (Å²) in [6.07, 6.45) is 3.00. The molecule has 0 spiro atoms. The fourth-order valence-corrected chi connectivity index (χ4v) is 5.10. The van der Waals surface area contributed by atoms with Crippen molar-refractivity contribution in [1.82, 2.24) is 5.32 Å². The number of fused-ring (bicyclic) bond motifs is 3. The SMILES string of the molecule is COc1cc2c(c(OC)c1OC)-c1ccc(N3CCC(N)CC3)c(=O)cc1C(NC(C)=O)CC2. The lowest BCUT2D eigenvalue weighted by atomic mass is 9.95. The number of amides is 1. The van der Waals surface area contributed by atoms with E-state index in [2.05, 4.69) is 10.2 Å². The van der Waals surface area contributed by atoms with Crippen LogP contribution in [-0.2, 0) is 11.2 Å². The highest BCUT2D eigenvalue weighted by Crippen LogP contribution is 2.50. The highest BCUT2D eigenvalue weighted by Gasteiger charge is 2.30. The summed E-state index contributed by atoms with van der Waals surface area (Å²) in [7, 11) is 4.76. The van der Waals surface area contributed by atoms with Gasteiger partial charge < -0.3 is 30.2 Å². The van der Waals surface area contributed by atoms with Gasteiger partial charge in [-0.2, -0.15) is 0 Å². The minimum atomic E-state index is -0.315. The molecule has 1 atom stereocenters. The maximum atomic E-state index is 13.4. The highest BCUT2D eigenvalue weighted by atomic mass is 16.5. The molecule has 0 radical (unpaired) electrons. The van der Waals surface area contributed by atoms with Crippen LogP contribution in [-0.4, -0.2) is 46.4 Å². The molecule has 2 aromatic carbocycles. The van der Waals surface area contributed by atoms with Gasteiger partial charge >= 0.3 is 0 Å². The quantitative estimate of drug-likeness (QED) is 0.697. The van der Waals surface area contributed by atoms with Crippen LogP contribution in [0.1, 0.15) is 43.4 Å². The number of carbonyl (C=O) groups is 1. The highest BCUT2D eigenvalue weighted by molar-refractivity contribution is 5.83. The van der Waals surface area contributed by atoms with Gasteiger partial charge in [0, 0.05) is 31.6 Å². The number of aryl methyl sites for hydroxylation is 1. The number of nitrogens with zero attached hydrogens (tertiary/aromatic N) is 1. The van der Waals surface area contributed by atoms with Crippen molar-refractivity contribution < 1.29 is 19.0 Å². The molecule has 1 amide bonds. The van der Waals surface area contributed by atoms with Crippen molar-refractivity contribution in [3.63, 3.8) is 0 Å². The first-order valence-corrected chi connectivity index (χ1v) is 11.7. The molecule has 1 unspecified atom stereocenters. The monoisotopic (exact) mass is 467 g/mol. The van der Waals surface area contributed by atoms with Gasteiger partial charge in [-0.3, -0.25) is 9.59 Å². The van der Waals surface area contributed by atoms with Crippen LogP contribution in [0.25, 0.3) is 11.1 Å². The number of carbonyl (C=O) groups excluding carboxylic acids is 1. The van der Waals surface area contributed by atoms with Crippen molar-refractivity contribution in [3.05, 3.63) is 45.6 Å². The molecule has 1 saturated heterocycles. The predicted octanol–water partition coefficient (Wildman–Crippen LogP) is 2.79. The predicted molar refractivity (Wildman–Crippen MR) is 132 cm³/mol. The summed E-state index contributed by atoms with van der Waals surface area (Å²) in [5, 5.41) is 3.04. The number of piperidine rings is 1. The standard InChI is InChI=1S/C26H33N3O5/c1-15(30)28-20-7-5-16-13-23(32-2)25(33-3)26(34-4)24(16)18-6-8-21(22(31)14-19(18)20)29-11-9-17(27)10-12-29/h6,8,13-14,17,20H,5,7,9-12,27H2,1-4H3,(H,28,30). The number of methoxy groups -OCH3 is 3. The van der Waals surface area contributed by atoms with Crippen LogP contribution < -0.4 is 35.6 Å². The third-order valence-corrected chi connectivity index (χ3v) is 6.77. The molecular weight excluding hydrogens is 434 g/mol. The maximum Gasteiger partial charge on any atom is 0.217 e. The van der Waals surface area contributed by atoms with Gasteiger partial charge in [0.2, 0.25) is 17.1 Å². The van der Waals surface area contributed by atoms with Crippen LogP contribution >= 0.6 is 0 Å². The molecule has 182 valence electrons. The van der Waals surface area contributed by atoms with Crippen LogP contribution in [0.5, 0.6) is 17.2 Å². The molecule has 34 heavy (non-hydrogen) atoms. The van der Waals surface area contributed by atoms with Crippen LogP contribution in [0.3, 0.4) is 0 Å². The average molecular weight is 468 g/mol. The second-order valence-electron chi connectivity index (χ2n) is 8.89. The molecule has 3 N–H and O–H groups in total. The number of nitrogens with two attached hydrogens (primary N) is 1. The van der Waals surface area contributed by atoms with Crippen molar-refractivity contribution >= 4 is 11.6 Å². The van der Waals surface area contributed by atoms with Crippen LogP contribution in [0.15, 0.2) is 29.1 Å². The average Bonchev–Trinajstić information content (AvgIpc) is 3.07. The Morgan fingerprint density at radius 1 is 1.03 bits per heavy atom. The van der Waals surface area contributed by atoms with E-state index in [1.54, 1.807) is 27.4 Å². The Balaban J connectivity index is 1.97.